The molecule has 1 aliphatic carbocycles. The van der Waals surface area contributed by atoms with Gasteiger partial charge in [-0.25, -0.2) is 0 Å². The van der Waals surface area contributed by atoms with Crippen LogP contribution in [-0.4, -0.2) is 26.6 Å². The highest BCUT2D eigenvalue weighted by atomic mass is 15.1. The summed E-state index contributed by atoms with van der Waals surface area (Å²) in [4.78, 5) is 0. The maximum absolute atomic E-state index is 5.76. The van der Waals surface area contributed by atoms with Crippen molar-refractivity contribution in [2.45, 2.75) is 43.0 Å². The van der Waals surface area contributed by atoms with E-state index in [0.29, 0.717) is 5.54 Å². The second kappa shape index (κ2) is 1.82. The van der Waals surface area contributed by atoms with E-state index >= 15 is 0 Å². The molecule has 50 valence electrons. The standard InChI is InChI=1S/C7H11B2N/c8-7(9)3-1-2-6(10-7)4-5-6/h10H,1-5H2. The highest BCUT2D eigenvalue weighted by molar-refractivity contribution is 6.40. The average Bonchev–Trinajstić information content (AvgIpc) is 2.45. The molecule has 0 aromatic carbocycles. The second-order valence-corrected chi connectivity index (χ2v) is 3.80. The van der Waals surface area contributed by atoms with Gasteiger partial charge in [-0.15, -0.1) is 0 Å². The van der Waals surface area contributed by atoms with Gasteiger partial charge in [-0.05, 0) is 19.3 Å². The van der Waals surface area contributed by atoms with Crippen LogP contribution in [0.25, 0.3) is 0 Å². The minimum atomic E-state index is -0.575. The SMILES string of the molecule is [B]C1([B])CCCC2(CC2)N1. The van der Waals surface area contributed by atoms with Gasteiger partial charge in [0.1, 0.15) is 0 Å². The molecule has 1 N–H and O–H groups in total. The third-order valence-corrected chi connectivity index (χ3v) is 2.60. The van der Waals surface area contributed by atoms with E-state index in [1.54, 1.807) is 0 Å². The van der Waals surface area contributed by atoms with E-state index in [1.165, 1.54) is 25.7 Å². The Morgan fingerprint density at radius 2 is 1.70 bits per heavy atom. The largest absolute Gasteiger partial charge is 0.322 e. The first-order valence-corrected chi connectivity index (χ1v) is 3.99. The average molecular weight is 131 g/mol. The lowest BCUT2D eigenvalue weighted by Crippen LogP contribution is -2.55. The van der Waals surface area contributed by atoms with Crippen LogP contribution in [0.2, 0.25) is 0 Å². The fourth-order valence-corrected chi connectivity index (χ4v) is 1.86. The minimum absolute atomic E-state index is 0.363. The van der Waals surface area contributed by atoms with Gasteiger partial charge < -0.3 is 5.32 Å². The molecule has 1 saturated carbocycles. The zero-order valence-electron chi connectivity index (χ0n) is 6.19. The predicted octanol–water partition coefficient (Wildman–Crippen LogP) is 0.283. The number of nitrogens with one attached hydrogen (secondary N) is 1. The molecule has 0 aromatic heterocycles. The Morgan fingerprint density at radius 1 is 1.00 bits per heavy atom. The molecule has 0 aromatic rings. The second-order valence-electron chi connectivity index (χ2n) is 3.80. The van der Waals surface area contributed by atoms with Gasteiger partial charge >= 0.3 is 0 Å². The van der Waals surface area contributed by atoms with Gasteiger partial charge in [0.25, 0.3) is 0 Å². The number of hydrogen-bond donors (Lipinski definition) is 1. The molecule has 0 atom stereocenters. The van der Waals surface area contributed by atoms with Gasteiger partial charge in [0.05, 0.1) is 15.7 Å². The van der Waals surface area contributed by atoms with Crippen LogP contribution in [0.15, 0.2) is 0 Å². The topological polar surface area (TPSA) is 12.0 Å². The first kappa shape index (κ1) is 6.78. The quantitative estimate of drug-likeness (QED) is 0.465. The first-order valence-electron chi connectivity index (χ1n) is 3.99. The van der Waals surface area contributed by atoms with Crippen LogP contribution in [0.3, 0.4) is 0 Å². The van der Waals surface area contributed by atoms with Gasteiger partial charge in [-0.3, -0.25) is 0 Å². The van der Waals surface area contributed by atoms with Gasteiger partial charge in [0, 0.05) is 5.54 Å². The summed E-state index contributed by atoms with van der Waals surface area (Å²) in [6, 6.07) is 0. The molecule has 0 bridgehead atoms. The molecule has 1 saturated heterocycles. The van der Waals surface area contributed by atoms with Crippen LogP contribution >= 0.6 is 0 Å². The Hall–Kier alpha value is 0.0899. The fraction of sp³-hybridized carbons (Fsp3) is 1.00. The first-order chi connectivity index (χ1) is 4.62. The molecule has 1 aliphatic heterocycles. The van der Waals surface area contributed by atoms with Crippen LogP contribution in [0, 0.1) is 0 Å². The summed E-state index contributed by atoms with van der Waals surface area (Å²) in [6.45, 7) is 0. The molecule has 1 heterocycles. The zero-order chi connectivity index (χ0) is 7.24. The Morgan fingerprint density at radius 3 is 2.10 bits per heavy atom. The van der Waals surface area contributed by atoms with Crippen molar-refractivity contribution in [2.24, 2.45) is 0 Å². The third-order valence-electron chi connectivity index (χ3n) is 2.60. The molecular weight excluding hydrogens is 120 g/mol. The molecule has 0 amide bonds. The van der Waals surface area contributed by atoms with Crippen LogP contribution in [0.4, 0.5) is 0 Å². The summed E-state index contributed by atoms with van der Waals surface area (Å²) in [5.41, 5.74) is 0.363. The highest BCUT2D eigenvalue weighted by Gasteiger charge is 2.46. The van der Waals surface area contributed by atoms with Crippen molar-refractivity contribution in [1.82, 2.24) is 5.32 Å². The molecule has 2 aliphatic rings. The molecule has 1 nitrogen and oxygen atoms in total. The van der Waals surface area contributed by atoms with Crippen molar-refractivity contribution >= 4 is 15.7 Å². The van der Waals surface area contributed by atoms with E-state index in [-0.39, 0.29) is 0 Å². The van der Waals surface area contributed by atoms with Gasteiger partial charge in [-0.1, -0.05) is 18.2 Å². The number of rotatable bonds is 0. The lowest BCUT2D eigenvalue weighted by molar-refractivity contribution is 0.334. The molecule has 10 heavy (non-hydrogen) atoms. The van der Waals surface area contributed by atoms with Crippen molar-refractivity contribution in [1.29, 1.82) is 0 Å². The lowest BCUT2D eigenvalue weighted by atomic mass is 9.57. The predicted molar refractivity (Wildman–Crippen MR) is 43.2 cm³/mol. The molecule has 1 spiro atoms. The summed E-state index contributed by atoms with van der Waals surface area (Å²) in [6.07, 6.45) is 5.89. The molecule has 2 fully saturated rings. The van der Waals surface area contributed by atoms with E-state index in [1.807, 2.05) is 0 Å². The van der Waals surface area contributed by atoms with Crippen molar-refractivity contribution in [3.8, 4) is 0 Å². The third kappa shape index (κ3) is 1.12. The van der Waals surface area contributed by atoms with Crippen LogP contribution in [-0.2, 0) is 0 Å². The summed E-state index contributed by atoms with van der Waals surface area (Å²) in [5.74, 6) is 0. The van der Waals surface area contributed by atoms with Gasteiger partial charge in [-0.2, -0.15) is 0 Å². The molecule has 3 heteroatoms. The maximum Gasteiger partial charge on any atom is 0.0821 e. The Kier molecular flexibility index (Phi) is 1.23. The highest BCUT2D eigenvalue weighted by Crippen LogP contribution is 2.44. The van der Waals surface area contributed by atoms with E-state index in [4.69, 9.17) is 15.7 Å². The molecule has 4 radical (unpaired) electrons. The summed E-state index contributed by atoms with van der Waals surface area (Å²) >= 11 is 0. The maximum atomic E-state index is 5.76. The number of hydrogen-bond acceptors (Lipinski definition) is 1. The summed E-state index contributed by atoms with van der Waals surface area (Å²) < 4.78 is 0. The van der Waals surface area contributed by atoms with Crippen molar-refractivity contribution < 1.29 is 0 Å². The summed E-state index contributed by atoms with van der Waals surface area (Å²) in [5, 5.41) is 2.72. The van der Waals surface area contributed by atoms with E-state index in [2.05, 4.69) is 5.32 Å². The van der Waals surface area contributed by atoms with Crippen LogP contribution in [0.1, 0.15) is 32.1 Å². The van der Waals surface area contributed by atoms with E-state index < -0.39 is 5.34 Å². The van der Waals surface area contributed by atoms with E-state index in [9.17, 15) is 0 Å². The minimum Gasteiger partial charge on any atom is -0.322 e. The van der Waals surface area contributed by atoms with Crippen LogP contribution in [0.5, 0.6) is 0 Å². The molecule has 2 rings (SSSR count). The Labute approximate surface area is 64.8 Å². The van der Waals surface area contributed by atoms with Crippen molar-refractivity contribution in [3.63, 3.8) is 0 Å². The zero-order valence-corrected chi connectivity index (χ0v) is 6.19. The molecule has 0 unspecified atom stereocenters. The van der Waals surface area contributed by atoms with Crippen molar-refractivity contribution in [3.05, 3.63) is 0 Å². The molecular formula is C7H11B2N. The fourth-order valence-electron chi connectivity index (χ4n) is 1.86. The Balaban J connectivity index is 2.04. The normalized spacial score (nSPS) is 34.0. The smallest absolute Gasteiger partial charge is 0.0821 e. The van der Waals surface area contributed by atoms with E-state index in [0.717, 1.165) is 6.42 Å². The van der Waals surface area contributed by atoms with Crippen molar-refractivity contribution in [2.75, 3.05) is 0 Å². The Bertz CT molecular complexity index is 148. The van der Waals surface area contributed by atoms with Gasteiger partial charge in [0.15, 0.2) is 0 Å². The monoisotopic (exact) mass is 131 g/mol. The summed E-state index contributed by atoms with van der Waals surface area (Å²) in [7, 11) is 11.5. The van der Waals surface area contributed by atoms with Gasteiger partial charge in [0.2, 0.25) is 0 Å². The van der Waals surface area contributed by atoms with Crippen LogP contribution < -0.4 is 5.32 Å². The number of piperidine rings is 1. The lowest BCUT2D eigenvalue weighted by Gasteiger charge is -2.38.